The number of hydrogen-bond donors (Lipinski definition) is 1. The molecule has 1 N–H and O–H groups in total. The quantitative estimate of drug-likeness (QED) is 0.568. The third-order valence-corrected chi connectivity index (χ3v) is 3.81. The van der Waals surface area contributed by atoms with Crippen molar-refractivity contribution in [1.82, 2.24) is 4.98 Å². The van der Waals surface area contributed by atoms with E-state index >= 15 is 0 Å². The molecule has 3 rings (SSSR count). The average molecular weight is 334 g/mol. The second kappa shape index (κ2) is 5.83. The second-order valence-corrected chi connectivity index (χ2v) is 5.37. The molecule has 0 saturated carbocycles. The van der Waals surface area contributed by atoms with Crippen molar-refractivity contribution in [2.24, 2.45) is 0 Å². The Kier molecular flexibility index (Phi) is 3.88. The maximum absolute atomic E-state index is 12.3. The molecule has 0 unspecified atom stereocenters. The molecule has 0 aliphatic rings. The van der Waals surface area contributed by atoms with Crippen molar-refractivity contribution < 1.29 is 9.53 Å². The van der Waals surface area contributed by atoms with Crippen LogP contribution >= 0.6 is 23.2 Å². The van der Waals surface area contributed by atoms with Crippen molar-refractivity contribution in [2.75, 3.05) is 0 Å². The number of H-pyrrole nitrogens is 1. The van der Waals surface area contributed by atoms with Crippen molar-refractivity contribution in [3.63, 3.8) is 0 Å². The third-order valence-electron chi connectivity index (χ3n) is 3.07. The zero-order valence-corrected chi connectivity index (χ0v) is 12.6. The van der Waals surface area contributed by atoms with Gasteiger partial charge in [-0.15, -0.1) is 0 Å². The molecular weight excluding hydrogens is 325 g/mol. The molecule has 4 nitrogen and oxygen atoms in total. The first-order valence-corrected chi connectivity index (χ1v) is 7.09. The summed E-state index contributed by atoms with van der Waals surface area (Å²) in [4.78, 5) is 26.6. The van der Waals surface area contributed by atoms with E-state index in [1.54, 1.807) is 24.3 Å². The summed E-state index contributed by atoms with van der Waals surface area (Å²) >= 11 is 11.7. The largest absolute Gasteiger partial charge is 0.423 e. The fraction of sp³-hybridized carbons (Fsp3) is 0. The summed E-state index contributed by atoms with van der Waals surface area (Å²) in [5.41, 5.74) is 0.376. The summed E-state index contributed by atoms with van der Waals surface area (Å²) in [5.74, 6) is -0.385. The Labute approximate surface area is 135 Å². The Balaban J connectivity index is 2.02. The van der Waals surface area contributed by atoms with Gasteiger partial charge in [-0.3, -0.25) is 4.79 Å². The Bertz CT molecular complexity index is 934. The van der Waals surface area contributed by atoms with Gasteiger partial charge in [-0.05, 0) is 18.2 Å². The van der Waals surface area contributed by atoms with Crippen molar-refractivity contribution in [3.8, 4) is 5.75 Å². The first kappa shape index (κ1) is 14.6. The first-order valence-electron chi connectivity index (χ1n) is 6.34. The highest BCUT2D eigenvalue weighted by molar-refractivity contribution is 6.42. The first-order chi connectivity index (χ1) is 10.5. The number of aromatic amines is 1. The summed E-state index contributed by atoms with van der Waals surface area (Å²) in [6.07, 6.45) is 0. The summed E-state index contributed by atoms with van der Waals surface area (Å²) in [5, 5.41) is 1.25. The predicted molar refractivity (Wildman–Crippen MR) is 86.0 cm³/mol. The SMILES string of the molecule is O=C(Oc1ccc(Cl)c(Cl)c1)c1cc(=O)[nH]c2ccccc12. The summed E-state index contributed by atoms with van der Waals surface area (Å²) in [7, 11) is 0. The number of hydrogen-bond acceptors (Lipinski definition) is 3. The van der Waals surface area contributed by atoms with Gasteiger partial charge < -0.3 is 9.72 Å². The van der Waals surface area contributed by atoms with Gasteiger partial charge in [0.15, 0.2) is 0 Å². The van der Waals surface area contributed by atoms with E-state index in [1.807, 2.05) is 0 Å². The van der Waals surface area contributed by atoms with E-state index in [0.29, 0.717) is 15.9 Å². The summed E-state index contributed by atoms with van der Waals surface area (Å²) in [6, 6.07) is 12.7. The molecule has 0 atom stereocenters. The fourth-order valence-corrected chi connectivity index (χ4v) is 2.36. The standard InChI is InChI=1S/C16H9Cl2NO3/c17-12-6-5-9(7-13(12)18)22-16(21)11-8-15(20)19-14-4-2-1-3-10(11)14/h1-8H,(H,19,20). The molecule has 1 aromatic heterocycles. The maximum Gasteiger partial charge on any atom is 0.344 e. The van der Waals surface area contributed by atoms with Crippen LogP contribution in [0.2, 0.25) is 10.0 Å². The molecule has 0 bridgehead atoms. The molecule has 22 heavy (non-hydrogen) atoms. The number of esters is 1. The Hall–Kier alpha value is -2.30. The van der Waals surface area contributed by atoms with Crippen LogP contribution in [0.1, 0.15) is 10.4 Å². The Morgan fingerprint density at radius 2 is 1.77 bits per heavy atom. The van der Waals surface area contributed by atoms with E-state index in [-0.39, 0.29) is 21.9 Å². The van der Waals surface area contributed by atoms with E-state index in [0.717, 1.165) is 0 Å². The van der Waals surface area contributed by atoms with Gasteiger partial charge in [-0.1, -0.05) is 41.4 Å². The van der Waals surface area contributed by atoms with Gasteiger partial charge in [-0.2, -0.15) is 0 Å². The van der Waals surface area contributed by atoms with E-state index in [4.69, 9.17) is 27.9 Å². The monoisotopic (exact) mass is 333 g/mol. The summed E-state index contributed by atoms with van der Waals surface area (Å²) in [6.45, 7) is 0. The number of halogens is 2. The molecule has 0 radical (unpaired) electrons. The minimum absolute atomic E-state index is 0.186. The molecule has 3 aromatic rings. The lowest BCUT2D eigenvalue weighted by Crippen LogP contribution is -2.14. The van der Waals surface area contributed by atoms with Gasteiger partial charge in [0.25, 0.3) is 0 Å². The van der Waals surface area contributed by atoms with Crippen molar-refractivity contribution >= 4 is 40.1 Å². The molecular formula is C16H9Cl2NO3. The van der Waals surface area contributed by atoms with Crippen molar-refractivity contribution in [3.05, 3.63) is 74.5 Å². The normalized spacial score (nSPS) is 10.6. The van der Waals surface area contributed by atoms with Crippen molar-refractivity contribution in [2.45, 2.75) is 0 Å². The molecule has 0 aliphatic heterocycles. The molecule has 110 valence electrons. The number of benzene rings is 2. The topological polar surface area (TPSA) is 59.2 Å². The third kappa shape index (κ3) is 2.84. The lowest BCUT2D eigenvalue weighted by molar-refractivity contribution is 0.0736. The molecule has 0 fully saturated rings. The van der Waals surface area contributed by atoms with E-state index < -0.39 is 5.97 Å². The molecule has 0 amide bonds. The maximum atomic E-state index is 12.3. The minimum atomic E-state index is -0.638. The second-order valence-electron chi connectivity index (χ2n) is 4.56. The van der Waals surface area contributed by atoms with Crippen LogP contribution in [0.5, 0.6) is 5.75 Å². The number of rotatable bonds is 2. The number of pyridine rings is 1. The smallest absolute Gasteiger partial charge is 0.344 e. The van der Waals surface area contributed by atoms with E-state index in [1.165, 1.54) is 24.3 Å². The molecule has 6 heteroatoms. The number of nitrogens with one attached hydrogen (secondary N) is 1. The van der Waals surface area contributed by atoms with Gasteiger partial charge in [0, 0.05) is 23.0 Å². The van der Waals surface area contributed by atoms with E-state index in [2.05, 4.69) is 4.98 Å². The Morgan fingerprint density at radius 3 is 2.55 bits per heavy atom. The molecule has 0 saturated heterocycles. The molecule has 1 heterocycles. The van der Waals surface area contributed by atoms with Gasteiger partial charge in [0.05, 0.1) is 15.6 Å². The van der Waals surface area contributed by atoms with Gasteiger partial charge in [0.1, 0.15) is 5.75 Å². The number of fused-ring (bicyclic) bond motifs is 1. The van der Waals surface area contributed by atoms with Crippen LogP contribution in [0.3, 0.4) is 0 Å². The number of carbonyl (C=O) groups is 1. The minimum Gasteiger partial charge on any atom is -0.423 e. The molecule has 2 aromatic carbocycles. The predicted octanol–water partition coefficient (Wildman–Crippen LogP) is 4.05. The fourth-order valence-electron chi connectivity index (χ4n) is 2.08. The average Bonchev–Trinajstić information content (AvgIpc) is 2.50. The zero-order chi connectivity index (χ0) is 15.7. The van der Waals surface area contributed by atoms with Gasteiger partial charge in [0.2, 0.25) is 5.56 Å². The van der Waals surface area contributed by atoms with Crippen LogP contribution in [0, 0.1) is 0 Å². The van der Waals surface area contributed by atoms with E-state index in [9.17, 15) is 9.59 Å². The number of aromatic nitrogens is 1. The van der Waals surface area contributed by atoms with Gasteiger partial charge >= 0.3 is 5.97 Å². The highest BCUT2D eigenvalue weighted by atomic mass is 35.5. The zero-order valence-electron chi connectivity index (χ0n) is 11.1. The van der Waals surface area contributed by atoms with Crippen molar-refractivity contribution in [1.29, 1.82) is 0 Å². The highest BCUT2D eigenvalue weighted by Crippen LogP contribution is 2.27. The summed E-state index contributed by atoms with van der Waals surface area (Å²) < 4.78 is 5.26. The van der Waals surface area contributed by atoms with Crippen LogP contribution in [0.25, 0.3) is 10.9 Å². The van der Waals surface area contributed by atoms with Crippen LogP contribution in [-0.4, -0.2) is 11.0 Å². The van der Waals surface area contributed by atoms with Crippen LogP contribution in [0.15, 0.2) is 53.3 Å². The highest BCUT2D eigenvalue weighted by Gasteiger charge is 2.14. The Morgan fingerprint density at radius 1 is 1.00 bits per heavy atom. The van der Waals surface area contributed by atoms with Crippen LogP contribution in [0.4, 0.5) is 0 Å². The number of carbonyl (C=O) groups excluding carboxylic acids is 1. The molecule has 0 aliphatic carbocycles. The lowest BCUT2D eigenvalue weighted by atomic mass is 10.1. The number of para-hydroxylation sites is 1. The van der Waals surface area contributed by atoms with Crippen LogP contribution in [-0.2, 0) is 0 Å². The lowest BCUT2D eigenvalue weighted by Gasteiger charge is -2.07. The van der Waals surface area contributed by atoms with Gasteiger partial charge in [-0.25, -0.2) is 4.79 Å². The molecule has 0 spiro atoms. The van der Waals surface area contributed by atoms with Crippen LogP contribution < -0.4 is 10.3 Å². The number of ether oxygens (including phenoxy) is 1.